The first kappa shape index (κ1) is 12.2. The van der Waals surface area contributed by atoms with Gasteiger partial charge in [0.25, 0.3) is 0 Å². The van der Waals surface area contributed by atoms with Crippen LogP contribution in [-0.4, -0.2) is 6.04 Å². The molecule has 0 fully saturated rings. The average Bonchev–Trinajstić information content (AvgIpc) is 2.44. The zero-order chi connectivity index (χ0) is 10.6. The van der Waals surface area contributed by atoms with Crippen molar-refractivity contribution in [3.63, 3.8) is 0 Å². The van der Waals surface area contributed by atoms with E-state index in [1.807, 2.05) is 11.3 Å². The van der Waals surface area contributed by atoms with Crippen LogP contribution < -0.4 is 5.32 Å². The van der Waals surface area contributed by atoms with Crippen LogP contribution in [0.25, 0.3) is 0 Å². The minimum absolute atomic E-state index is 0.626. The Kier molecular flexibility index (Phi) is 5.13. The maximum atomic E-state index is 3.54. The second-order valence-electron chi connectivity index (χ2n) is 3.74. The van der Waals surface area contributed by atoms with E-state index < -0.39 is 0 Å². The van der Waals surface area contributed by atoms with Crippen molar-refractivity contribution in [3.8, 4) is 0 Å². The van der Waals surface area contributed by atoms with Crippen molar-refractivity contribution >= 4 is 27.3 Å². The van der Waals surface area contributed by atoms with E-state index in [4.69, 9.17) is 0 Å². The van der Waals surface area contributed by atoms with Gasteiger partial charge < -0.3 is 5.32 Å². The van der Waals surface area contributed by atoms with Gasteiger partial charge in [0.2, 0.25) is 0 Å². The normalized spacial score (nSPS) is 13.1. The van der Waals surface area contributed by atoms with Gasteiger partial charge in [0.1, 0.15) is 0 Å². The third kappa shape index (κ3) is 3.71. The predicted octanol–water partition coefficient (Wildman–Crippen LogP) is 4.10. The van der Waals surface area contributed by atoms with Gasteiger partial charge >= 0.3 is 0 Å². The highest BCUT2D eigenvalue weighted by molar-refractivity contribution is 9.11. The van der Waals surface area contributed by atoms with Gasteiger partial charge in [-0.2, -0.15) is 0 Å². The molecule has 1 rings (SSSR count). The van der Waals surface area contributed by atoms with Gasteiger partial charge in [0.15, 0.2) is 0 Å². The third-order valence-electron chi connectivity index (χ3n) is 2.25. The molecule has 1 heterocycles. The summed E-state index contributed by atoms with van der Waals surface area (Å²) in [6.07, 6.45) is 2.51. The van der Waals surface area contributed by atoms with Gasteiger partial charge in [-0.1, -0.05) is 13.3 Å². The van der Waals surface area contributed by atoms with Crippen LogP contribution in [0.3, 0.4) is 0 Å². The second kappa shape index (κ2) is 5.89. The summed E-state index contributed by atoms with van der Waals surface area (Å²) in [5.74, 6) is 0. The average molecular weight is 276 g/mol. The van der Waals surface area contributed by atoms with Crippen LogP contribution in [0.5, 0.6) is 0 Å². The van der Waals surface area contributed by atoms with Crippen LogP contribution in [-0.2, 0) is 6.54 Å². The summed E-state index contributed by atoms with van der Waals surface area (Å²) in [6, 6.07) is 2.88. The minimum atomic E-state index is 0.626. The van der Waals surface area contributed by atoms with E-state index in [1.54, 1.807) is 0 Å². The summed E-state index contributed by atoms with van der Waals surface area (Å²) in [7, 11) is 0. The molecule has 1 aromatic rings. The molecule has 0 spiro atoms. The summed E-state index contributed by atoms with van der Waals surface area (Å²) in [4.78, 5) is 1.41. The van der Waals surface area contributed by atoms with Gasteiger partial charge in [-0.05, 0) is 47.8 Å². The molecule has 1 atom stereocenters. The Bertz CT molecular complexity index is 263. The number of nitrogens with one attached hydrogen (secondary N) is 1. The van der Waals surface area contributed by atoms with E-state index in [2.05, 4.69) is 48.1 Å². The van der Waals surface area contributed by atoms with E-state index in [1.165, 1.54) is 27.1 Å². The van der Waals surface area contributed by atoms with E-state index in [0.29, 0.717) is 6.04 Å². The SMILES string of the molecule is CCCC(C)NCc1cc(C)c(Br)s1. The zero-order valence-corrected chi connectivity index (χ0v) is 11.5. The van der Waals surface area contributed by atoms with Crippen molar-refractivity contribution in [2.45, 2.75) is 46.2 Å². The van der Waals surface area contributed by atoms with Crippen molar-refractivity contribution in [2.24, 2.45) is 0 Å². The summed E-state index contributed by atoms with van der Waals surface area (Å²) in [5.41, 5.74) is 1.34. The molecule has 1 N–H and O–H groups in total. The van der Waals surface area contributed by atoms with E-state index in [-0.39, 0.29) is 0 Å². The first-order valence-electron chi connectivity index (χ1n) is 5.11. The molecule has 0 saturated heterocycles. The van der Waals surface area contributed by atoms with E-state index in [9.17, 15) is 0 Å². The van der Waals surface area contributed by atoms with Crippen LogP contribution in [0.15, 0.2) is 9.85 Å². The molecule has 0 aromatic carbocycles. The Morgan fingerprint density at radius 1 is 1.57 bits per heavy atom. The third-order valence-corrected chi connectivity index (χ3v) is 4.39. The molecular weight excluding hydrogens is 258 g/mol. The molecule has 0 aliphatic rings. The van der Waals surface area contributed by atoms with Gasteiger partial charge in [0, 0.05) is 17.5 Å². The molecule has 1 aromatic heterocycles. The topological polar surface area (TPSA) is 12.0 Å². The maximum Gasteiger partial charge on any atom is 0.0730 e. The highest BCUT2D eigenvalue weighted by atomic mass is 79.9. The summed E-state index contributed by atoms with van der Waals surface area (Å²) >= 11 is 5.37. The molecule has 0 radical (unpaired) electrons. The Balaban J connectivity index is 2.38. The molecule has 0 amide bonds. The molecular formula is C11H18BrNS. The van der Waals surface area contributed by atoms with Crippen molar-refractivity contribution < 1.29 is 0 Å². The second-order valence-corrected chi connectivity index (χ2v) is 6.19. The fourth-order valence-corrected chi connectivity index (χ4v) is 3.00. The van der Waals surface area contributed by atoms with Crippen molar-refractivity contribution in [3.05, 3.63) is 20.3 Å². The van der Waals surface area contributed by atoms with Gasteiger partial charge in [0.05, 0.1) is 3.79 Å². The Hall–Kier alpha value is 0.140. The first-order chi connectivity index (χ1) is 6.63. The number of aryl methyl sites for hydroxylation is 1. The zero-order valence-electron chi connectivity index (χ0n) is 9.06. The minimum Gasteiger partial charge on any atom is -0.309 e. The standard InChI is InChI=1S/C11H18BrNS/c1-4-5-9(3)13-7-10-6-8(2)11(12)14-10/h6,9,13H,4-5,7H2,1-3H3. The van der Waals surface area contributed by atoms with Crippen LogP contribution >= 0.6 is 27.3 Å². The monoisotopic (exact) mass is 275 g/mol. The number of halogens is 1. The molecule has 14 heavy (non-hydrogen) atoms. The van der Waals surface area contributed by atoms with Gasteiger partial charge in [-0.3, -0.25) is 0 Å². The quantitative estimate of drug-likeness (QED) is 0.853. The molecule has 1 nitrogen and oxygen atoms in total. The Morgan fingerprint density at radius 2 is 2.29 bits per heavy atom. The number of hydrogen-bond donors (Lipinski definition) is 1. The predicted molar refractivity (Wildman–Crippen MR) is 68.0 cm³/mol. The van der Waals surface area contributed by atoms with Crippen LogP contribution in [0, 0.1) is 6.92 Å². The fraction of sp³-hybridized carbons (Fsp3) is 0.636. The Labute approximate surface area is 99.0 Å². The maximum absolute atomic E-state index is 3.54. The number of thiophene rings is 1. The van der Waals surface area contributed by atoms with E-state index >= 15 is 0 Å². The van der Waals surface area contributed by atoms with Crippen LogP contribution in [0.1, 0.15) is 37.1 Å². The van der Waals surface area contributed by atoms with Crippen molar-refractivity contribution in [2.75, 3.05) is 0 Å². The summed E-state index contributed by atoms with van der Waals surface area (Å²) in [5, 5.41) is 3.53. The lowest BCUT2D eigenvalue weighted by atomic mass is 10.2. The molecule has 3 heteroatoms. The lowest BCUT2D eigenvalue weighted by Crippen LogP contribution is -2.24. The smallest absolute Gasteiger partial charge is 0.0730 e. The Morgan fingerprint density at radius 3 is 2.79 bits per heavy atom. The lowest BCUT2D eigenvalue weighted by molar-refractivity contribution is 0.511. The fourth-order valence-electron chi connectivity index (χ4n) is 1.42. The molecule has 80 valence electrons. The highest BCUT2D eigenvalue weighted by Crippen LogP contribution is 2.27. The van der Waals surface area contributed by atoms with Crippen molar-refractivity contribution in [1.29, 1.82) is 0 Å². The van der Waals surface area contributed by atoms with Gasteiger partial charge in [-0.25, -0.2) is 0 Å². The molecule has 0 bridgehead atoms. The van der Waals surface area contributed by atoms with Crippen LogP contribution in [0.4, 0.5) is 0 Å². The number of hydrogen-bond acceptors (Lipinski definition) is 2. The van der Waals surface area contributed by atoms with E-state index in [0.717, 1.165) is 6.54 Å². The molecule has 0 aliphatic carbocycles. The largest absolute Gasteiger partial charge is 0.309 e. The summed E-state index contributed by atoms with van der Waals surface area (Å²) < 4.78 is 1.26. The summed E-state index contributed by atoms with van der Waals surface area (Å²) in [6.45, 7) is 7.61. The lowest BCUT2D eigenvalue weighted by Gasteiger charge is -2.10. The van der Waals surface area contributed by atoms with Crippen LogP contribution in [0.2, 0.25) is 0 Å². The van der Waals surface area contributed by atoms with Crippen molar-refractivity contribution in [1.82, 2.24) is 5.32 Å². The first-order valence-corrected chi connectivity index (χ1v) is 6.72. The number of rotatable bonds is 5. The molecule has 1 unspecified atom stereocenters. The molecule has 0 saturated carbocycles. The highest BCUT2D eigenvalue weighted by Gasteiger charge is 2.04. The molecule has 0 aliphatic heterocycles. The van der Waals surface area contributed by atoms with Gasteiger partial charge in [-0.15, -0.1) is 11.3 Å².